The van der Waals surface area contributed by atoms with Gasteiger partial charge < -0.3 is 20.6 Å². The van der Waals surface area contributed by atoms with Crippen LogP contribution in [0.25, 0.3) is 0 Å². The normalized spacial score (nSPS) is 13.4. The first-order valence-corrected chi connectivity index (χ1v) is 25.5. The molecule has 0 aromatic heterocycles. The first-order chi connectivity index (χ1) is 27.5. The van der Waals surface area contributed by atoms with Gasteiger partial charge in [0.25, 0.3) is 0 Å². The number of carbonyl (C=O) groups excluding carboxylic acids is 1. The highest BCUT2D eigenvalue weighted by molar-refractivity contribution is 5.76. The van der Waals surface area contributed by atoms with E-state index in [0.717, 1.165) is 25.7 Å². The lowest BCUT2D eigenvalue weighted by atomic mass is 10.0. The highest BCUT2D eigenvalue weighted by Gasteiger charge is 2.18. The van der Waals surface area contributed by atoms with Crippen molar-refractivity contribution in [2.24, 2.45) is 0 Å². The second kappa shape index (κ2) is 46.8. The zero-order chi connectivity index (χ0) is 40.8. The molecule has 0 saturated carbocycles. The zero-order valence-corrected chi connectivity index (χ0v) is 38.0. The highest BCUT2D eigenvalue weighted by Crippen LogP contribution is 2.17. The molecular weight excluding hydrogens is 691 g/mol. The lowest BCUT2D eigenvalue weighted by Gasteiger charge is -2.20. The summed E-state index contributed by atoms with van der Waals surface area (Å²) < 4.78 is 0. The van der Waals surface area contributed by atoms with Crippen LogP contribution in [-0.2, 0) is 4.79 Å². The Kier molecular flexibility index (Phi) is 46.0. The van der Waals surface area contributed by atoms with Crippen LogP contribution in [0, 0.1) is 0 Å². The van der Waals surface area contributed by atoms with Crippen LogP contribution < -0.4 is 5.32 Å². The number of hydrogen-bond donors (Lipinski definition) is 4. The van der Waals surface area contributed by atoms with Gasteiger partial charge in [0.2, 0.25) is 5.91 Å². The number of nitrogens with one attached hydrogen (secondary N) is 1. The molecule has 0 fully saturated rings. The topological polar surface area (TPSA) is 89.8 Å². The molecule has 0 unspecified atom stereocenters. The van der Waals surface area contributed by atoms with E-state index in [9.17, 15) is 20.1 Å². The first kappa shape index (κ1) is 55.1. The predicted molar refractivity (Wildman–Crippen MR) is 245 cm³/mol. The smallest absolute Gasteiger partial charge is 0.220 e. The van der Waals surface area contributed by atoms with Crippen molar-refractivity contribution in [1.29, 1.82) is 0 Å². The van der Waals surface area contributed by atoms with Crippen LogP contribution >= 0.6 is 0 Å². The van der Waals surface area contributed by atoms with Gasteiger partial charge in [0.05, 0.1) is 24.9 Å². The van der Waals surface area contributed by atoms with E-state index in [1.165, 1.54) is 237 Å². The van der Waals surface area contributed by atoms with E-state index >= 15 is 0 Å². The molecule has 0 radical (unpaired) electrons. The molecule has 0 heterocycles. The molecule has 5 nitrogen and oxygen atoms in total. The first-order valence-electron chi connectivity index (χ1n) is 25.5. The fourth-order valence-corrected chi connectivity index (χ4v) is 8.14. The van der Waals surface area contributed by atoms with Gasteiger partial charge >= 0.3 is 0 Å². The zero-order valence-electron chi connectivity index (χ0n) is 38.0. The fourth-order valence-electron chi connectivity index (χ4n) is 8.14. The Morgan fingerprint density at radius 2 is 0.679 bits per heavy atom. The quantitative estimate of drug-likeness (QED) is 0.0365. The van der Waals surface area contributed by atoms with Gasteiger partial charge in [-0.3, -0.25) is 4.79 Å². The van der Waals surface area contributed by atoms with Crippen LogP contribution in [-0.4, -0.2) is 46.1 Å². The molecule has 0 aromatic carbocycles. The number of unbranched alkanes of at least 4 members (excludes halogenated alkanes) is 38. The van der Waals surface area contributed by atoms with Gasteiger partial charge in [0, 0.05) is 6.42 Å². The summed E-state index contributed by atoms with van der Waals surface area (Å²) >= 11 is 0. The van der Waals surface area contributed by atoms with E-state index in [-0.39, 0.29) is 12.5 Å². The lowest BCUT2D eigenvalue weighted by molar-refractivity contribution is -0.123. The van der Waals surface area contributed by atoms with Crippen molar-refractivity contribution in [3.63, 3.8) is 0 Å². The number of carbonyl (C=O) groups is 1. The van der Waals surface area contributed by atoms with Gasteiger partial charge in [0.1, 0.15) is 0 Å². The summed E-state index contributed by atoms with van der Waals surface area (Å²) in [5, 5.41) is 33.2. The van der Waals surface area contributed by atoms with Crippen molar-refractivity contribution >= 4 is 5.91 Å². The molecule has 0 saturated heterocycles. The van der Waals surface area contributed by atoms with Gasteiger partial charge in [-0.1, -0.05) is 276 Å². The number of hydrogen-bond acceptors (Lipinski definition) is 4. The molecule has 0 rings (SSSR count). The van der Waals surface area contributed by atoms with Gasteiger partial charge in [-0.25, -0.2) is 0 Å². The third-order valence-electron chi connectivity index (χ3n) is 12.1. The summed E-state index contributed by atoms with van der Waals surface area (Å²) in [5.74, 6) is -0.123. The lowest BCUT2D eigenvalue weighted by Crippen LogP contribution is -2.45. The van der Waals surface area contributed by atoms with Gasteiger partial charge in [-0.15, -0.1) is 0 Å². The Morgan fingerprint density at radius 1 is 0.411 bits per heavy atom. The third kappa shape index (κ3) is 42.7. The van der Waals surface area contributed by atoms with E-state index in [0.29, 0.717) is 12.8 Å². The summed E-state index contributed by atoms with van der Waals surface area (Å²) in [6, 6.07) is -0.739. The molecule has 4 N–H and O–H groups in total. The van der Waals surface area contributed by atoms with Gasteiger partial charge in [-0.2, -0.15) is 0 Å². The van der Waals surface area contributed by atoms with Crippen molar-refractivity contribution in [3.05, 3.63) is 12.2 Å². The standard InChI is InChI=1S/C51H101NO4/c1-3-5-7-9-11-13-15-16-17-18-19-20-21-22-23-24-25-26-27-28-29-30-31-32-33-34-36-38-40-42-44-51(56)52-49(47-53)50(55)46-45-48(54)43-41-39-37-35-14-12-10-8-6-4-2/h45-46,48-50,53-55H,3-44,47H2,1-2H3,(H,52,56)/b46-45+/t48-,49+,50-/m1/s1. The fraction of sp³-hybridized carbons (Fsp3) is 0.941. The average Bonchev–Trinajstić information content (AvgIpc) is 3.20. The van der Waals surface area contributed by atoms with E-state index in [4.69, 9.17) is 0 Å². The molecule has 0 aromatic rings. The molecule has 56 heavy (non-hydrogen) atoms. The van der Waals surface area contributed by atoms with Crippen molar-refractivity contribution in [2.45, 2.75) is 302 Å². The molecule has 0 aliphatic carbocycles. The maximum atomic E-state index is 12.4. The Hall–Kier alpha value is -0.910. The molecule has 0 bridgehead atoms. The molecule has 0 spiro atoms. The Labute approximate surface area is 350 Å². The van der Waals surface area contributed by atoms with Crippen molar-refractivity contribution in [3.8, 4) is 0 Å². The van der Waals surface area contributed by atoms with Crippen molar-refractivity contribution < 1.29 is 20.1 Å². The van der Waals surface area contributed by atoms with Gasteiger partial charge in [-0.05, 0) is 12.8 Å². The molecule has 1 amide bonds. The second-order valence-electron chi connectivity index (χ2n) is 17.8. The molecule has 3 atom stereocenters. The number of rotatable bonds is 47. The monoisotopic (exact) mass is 792 g/mol. The largest absolute Gasteiger partial charge is 0.394 e. The molecular formula is C51H101NO4. The molecule has 334 valence electrons. The molecule has 5 heteroatoms. The van der Waals surface area contributed by atoms with Crippen LogP contribution in [0.4, 0.5) is 0 Å². The minimum atomic E-state index is -1.01. The van der Waals surface area contributed by atoms with Crippen LogP contribution in [0.2, 0.25) is 0 Å². The number of amides is 1. The Bertz CT molecular complexity index is 788. The minimum Gasteiger partial charge on any atom is -0.394 e. The van der Waals surface area contributed by atoms with Crippen LogP contribution in [0.1, 0.15) is 284 Å². The highest BCUT2D eigenvalue weighted by atomic mass is 16.3. The predicted octanol–water partition coefficient (Wildman–Crippen LogP) is 15.2. The number of aliphatic hydroxyl groups is 3. The number of aliphatic hydroxyl groups excluding tert-OH is 3. The summed E-state index contributed by atoms with van der Waals surface area (Å²) in [6.07, 6.45) is 56.6. The Morgan fingerprint density at radius 3 is 0.964 bits per heavy atom. The SMILES string of the molecule is CCCCCCCCCCCCCCCCCCCCCCCCCCCCCCCCC(=O)N[C@@H](CO)[C@H](O)/C=C/[C@H](O)CCCCCCCCCCCC. The van der Waals surface area contributed by atoms with Crippen molar-refractivity contribution in [2.75, 3.05) is 6.61 Å². The summed E-state index contributed by atoms with van der Waals surface area (Å²) in [7, 11) is 0. The molecule has 0 aliphatic heterocycles. The van der Waals surface area contributed by atoms with E-state index in [2.05, 4.69) is 19.2 Å². The summed E-state index contributed by atoms with van der Waals surface area (Å²) in [4.78, 5) is 12.4. The minimum absolute atomic E-state index is 0.123. The summed E-state index contributed by atoms with van der Waals surface area (Å²) in [6.45, 7) is 4.22. The maximum Gasteiger partial charge on any atom is 0.220 e. The maximum absolute atomic E-state index is 12.4. The van der Waals surface area contributed by atoms with Gasteiger partial charge in [0.15, 0.2) is 0 Å². The van der Waals surface area contributed by atoms with Crippen LogP contribution in [0.15, 0.2) is 12.2 Å². The van der Waals surface area contributed by atoms with E-state index < -0.39 is 18.2 Å². The second-order valence-corrected chi connectivity index (χ2v) is 17.8. The third-order valence-corrected chi connectivity index (χ3v) is 12.1. The van der Waals surface area contributed by atoms with E-state index in [1.54, 1.807) is 6.08 Å². The van der Waals surface area contributed by atoms with Crippen LogP contribution in [0.3, 0.4) is 0 Å². The molecule has 0 aliphatic rings. The Balaban J connectivity index is 3.47. The average molecular weight is 792 g/mol. The summed E-state index contributed by atoms with van der Waals surface area (Å²) in [5.41, 5.74) is 0. The van der Waals surface area contributed by atoms with E-state index in [1.807, 2.05) is 0 Å². The van der Waals surface area contributed by atoms with Crippen LogP contribution in [0.5, 0.6) is 0 Å². The van der Waals surface area contributed by atoms with Crippen molar-refractivity contribution in [1.82, 2.24) is 5.32 Å².